The Labute approximate surface area is 442 Å². The van der Waals surface area contributed by atoms with Crippen LogP contribution in [0.15, 0.2) is 89.0 Å². The van der Waals surface area contributed by atoms with Crippen molar-refractivity contribution in [2.24, 2.45) is 11.8 Å². The lowest BCUT2D eigenvalue weighted by atomic mass is 9.91. The number of β-amino-alcohol motifs (C(OH)–C–C–N with tert-alkyl or cyclic N) is 1. The molecule has 7 heterocycles. The number of phenolic OH excluding ortho intramolecular Hbond substituents is 1. The lowest BCUT2D eigenvalue weighted by Gasteiger charge is -2.41. The molecule has 10 rings (SSSR count). The quantitative estimate of drug-likeness (QED) is 0.0675. The molecule has 4 atom stereocenters. The van der Waals surface area contributed by atoms with Crippen LogP contribution in [0.25, 0.3) is 33.9 Å². The SMILES string of the molecule is Cc1ncsc1-c1ccc([C@H](C)NC(=O)[C@@H]2C[C@@H](O)CN2C(=O)[C@@H](c2cc(N3CCC(CN4CCC(OC5CC(Oc6cc(/C=C/c7cc(-c8ccccc8O)nnc7N)ccn6)C5)CC4)CC3)no2)C(C)C)cc1. The van der Waals surface area contributed by atoms with Crippen molar-refractivity contribution in [1.29, 1.82) is 0 Å². The molecule has 0 bridgehead atoms. The zero-order chi connectivity index (χ0) is 52.2. The van der Waals surface area contributed by atoms with Crippen LogP contribution >= 0.6 is 11.3 Å². The number of aromatic nitrogens is 5. The Hall–Kier alpha value is -6.73. The number of hydrogen-bond acceptors (Lipinski definition) is 16. The van der Waals surface area contributed by atoms with E-state index < -0.39 is 18.1 Å². The summed E-state index contributed by atoms with van der Waals surface area (Å²) >= 11 is 1.60. The summed E-state index contributed by atoms with van der Waals surface area (Å²) in [6.45, 7) is 12.8. The summed E-state index contributed by atoms with van der Waals surface area (Å²) in [6, 6.07) is 21.5. The second-order valence-electron chi connectivity index (χ2n) is 21.1. The average Bonchev–Trinajstić information content (AvgIpc) is 4.17. The van der Waals surface area contributed by atoms with Crippen molar-refractivity contribution in [2.75, 3.05) is 49.9 Å². The third kappa shape index (κ3) is 12.2. The highest BCUT2D eigenvalue weighted by Crippen LogP contribution is 2.36. The number of amides is 2. The van der Waals surface area contributed by atoms with Gasteiger partial charge in [0.1, 0.15) is 23.8 Å². The topological polar surface area (TPSA) is 218 Å². The summed E-state index contributed by atoms with van der Waals surface area (Å²) in [5.74, 6) is 1.46. The predicted octanol–water partition coefficient (Wildman–Crippen LogP) is 8.30. The Bertz CT molecular complexity index is 2940. The van der Waals surface area contributed by atoms with Crippen molar-refractivity contribution in [1.82, 2.24) is 40.4 Å². The molecule has 17 nitrogen and oxygen atoms in total. The second kappa shape index (κ2) is 23.0. The zero-order valence-corrected chi connectivity index (χ0v) is 43.9. The van der Waals surface area contributed by atoms with Gasteiger partial charge in [0.05, 0.1) is 46.1 Å². The molecule has 0 radical (unpaired) electrons. The van der Waals surface area contributed by atoms with Crippen molar-refractivity contribution in [3.05, 3.63) is 113 Å². The van der Waals surface area contributed by atoms with Gasteiger partial charge in [0.25, 0.3) is 0 Å². The first kappa shape index (κ1) is 51.7. The molecule has 75 heavy (non-hydrogen) atoms. The fourth-order valence-electron chi connectivity index (χ4n) is 10.9. The van der Waals surface area contributed by atoms with Gasteiger partial charge in [-0.2, -0.15) is 0 Å². The Morgan fingerprint density at radius 2 is 1.68 bits per heavy atom. The van der Waals surface area contributed by atoms with Crippen molar-refractivity contribution in [3.63, 3.8) is 0 Å². The largest absolute Gasteiger partial charge is 0.507 e. The van der Waals surface area contributed by atoms with Crippen LogP contribution in [0, 0.1) is 18.8 Å². The number of nitrogens with zero attached hydrogens (tertiary/aromatic N) is 8. The number of carbonyl (C=O) groups is 2. The van der Waals surface area contributed by atoms with Crippen LogP contribution in [0.4, 0.5) is 11.6 Å². The van der Waals surface area contributed by atoms with E-state index in [1.165, 1.54) is 4.90 Å². The van der Waals surface area contributed by atoms with E-state index in [0.29, 0.717) is 40.2 Å². The van der Waals surface area contributed by atoms with E-state index in [-0.39, 0.29) is 60.8 Å². The van der Waals surface area contributed by atoms with Crippen LogP contribution in [0.1, 0.15) is 106 Å². The molecule has 3 saturated heterocycles. The van der Waals surface area contributed by atoms with Crippen LogP contribution in [0.3, 0.4) is 0 Å². The first-order valence-corrected chi connectivity index (χ1v) is 27.3. The van der Waals surface area contributed by atoms with E-state index >= 15 is 0 Å². The predicted molar refractivity (Wildman–Crippen MR) is 289 cm³/mol. The smallest absolute Gasteiger partial charge is 0.243 e. The molecule has 18 heteroatoms. The molecule has 4 fully saturated rings. The number of anilines is 2. The maximum atomic E-state index is 14.4. The summed E-state index contributed by atoms with van der Waals surface area (Å²) in [4.78, 5) is 44.5. The number of nitrogens with two attached hydrogens (primary N) is 1. The number of phenols is 1. The molecule has 0 unspecified atom stereocenters. The van der Waals surface area contributed by atoms with E-state index in [9.17, 15) is 19.8 Å². The van der Waals surface area contributed by atoms with Crippen LogP contribution in [0.2, 0.25) is 0 Å². The number of aliphatic hydroxyl groups excluding tert-OH is 1. The molecule has 1 aliphatic carbocycles. The van der Waals surface area contributed by atoms with Crippen LogP contribution in [-0.4, -0.2) is 127 Å². The Kier molecular flexibility index (Phi) is 15.9. The number of aryl methyl sites for hydroxylation is 1. The highest BCUT2D eigenvalue weighted by atomic mass is 32.1. The van der Waals surface area contributed by atoms with Gasteiger partial charge in [-0.3, -0.25) is 9.59 Å². The summed E-state index contributed by atoms with van der Waals surface area (Å²) in [6.07, 6.45) is 11.2. The minimum absolute atomic E-state index is 0.0548. The Balaban J connectivity index is 0.642. The standard InChI is InChI=1S/C57H68N10O7S/c1-34(2)53(57(71)67-32-42(68)27-48(67)56(70)61-35(3)39-11-13-40(14-12-39)54-36(4)60-33-75-54)50-30-51(64-74-50)66-23-16-38(17-24-66)31-65-21-18-43(19-22-65)72-44-28-45(29-44)73-52-25-37(15-20-59-52)9-10-41-26-47(62-63-55(41)58)46-7-5-6-8-49(46)69/h5-15,20,25-26,30,33-35,38,42-45,48,53,68-69H,16-19,21-24,27-29,31-32H2,1-4H3,(H2,58,63)(H,61,70)/b10-9+/t35-,42+,44?,45?,48-,53+/m0/s1. The average molecular weight is 1040 g/mol. The summed E-state index contributed by atoms with van der Waals surface area (Å²) in [7, 11) is 0. The van der Waals surface area contributed by atoms with Crippen LogP contribution < -0.4 is 20.7 Å². The molecule has 4 aromatic heterocycles. The van der Waals surface area contributed by atoms with E-state index in [2.05, 4.69) is 40.4 Å². The van der Waals surface area contributed by atoms with Gasteiger partial charge in [0.2, 0.25) is 17.7 Å². The van der Waals surface area contributed by atoms with E-state index in [0.717, 1.165) is 104 Å². The van der Waals surface area contributed by atoms with Crippen molar-refractivity contribution < 1.29 is 33.8 Å². The number of piperidine rings is 2. The third-order valence-corrected chi connectivity index (χ3v) is 16.3. The maximum absolute atomic E-state index is 14.4. The molecule has 6 aromatic rings. The number of thiazole rings is 1. The number of aromatic hydroxyl groups is 1. The first-order chi connectivity index (χ1) is 36.3. The highest BCUT2D eigenvalue weighted by molar-refractivity contribution is 7.13. The number of ether oxygens (including phenoxy) is 2. The minimum atomic E-state index is -0.804. The monoisotopic (exact) mass is 1040 g/mol. The summed E-state index contributed by atoms with van der Waals surface area (Å²) in [5.41, 5.74) is 13.7. The van der Waals surface area contributed by atoms with Crippen molar-refractivity contribution in [2.45, 2.75) is 115 Å². The fourth-order valence-corrected chi connectivity index (χ4v) is 11.8. The minimum Gasteiger partial charge on any atom is -0.507 e. The number of pyridine rings is 1. The molecular formula is C57H68N10O7S. The Morgan fingerprint density at radius 3 is 2.41 bits per heavy atom. The number of aliphatic hydroxyl groups is 1. The van der Waals surface area contributed by atoms with Gasteiger partial charge in [-0.05, 0) is 92.3 Å². The number of nitrogens with one attached hydrogen (secondary N) is 1. The molecule has 1 saturated carbocycles. The molecule has 5 N–H and O–H groups in total. The van der Waals surface area contributed by atoms with Crippen LogP contribution in [0.5, 0.6) is 11.6 Å². The first-order valence-electron chi connectivity index (χ1n) is 26.4. The second-order valence-corrected chi connectivity index (χ2v) is 21.9. The molecule has 0 spiro atoms. The van der Waals surface area contributed by atoms with E-state index in [1.54, 1.807) is 41.8 Å². The summed E-state index contributed by atoms with van der Waals surface area (Å²) in [5, 5.41) is 36.9. The number of rotatable bonds is 17. The maximum Gasteiger partial charge on any atom is 0.243 e. The third-order valence-electron chi connectivity index (χ3n) is 15.4. The Morgan fingerprint density at radius 1 is 0.907 bits per heavy atom. The molecule has 3 aliphatic heterocycles. The van der Waals surface area contributed by atoms with Crippen LogP contribution in [-0.2, 0) is 14.3 Å². The lowest BCUT2D eigenvalue weighted by molar-refractivity contribution is -0.141. The molecule has 2 amide bonds. The molecule has 394 valence electrons. The summed E-state index contributed by atoms with van der Waals surface area (Å²) < 4.78 is 18.7. The highest BCUT2D eigenvalue weighted by Gasteiger charge is 2.44. The van der Waals surface area contributed by atoms with Gasteiger partial charge in [-0.1, -0.05) is 67.6 Å². The van der Waals surface area contributed by atoms with Gasteiger partial charge >= 0.3 is 0 Å². The number of hydrogen-bond donors (Lipinski definition) is 4. The number of carbonyl (C=O) groups excluding carboxylic acids is 2. The van der Waals surface area contributed by atoms with Gasteiger partial charge in [0.15, 0.2) is 17.4 Å². The van der Waals surface area contributed by atoms with E-state index in [1.807, 2.05) is 93.9 Å². The zero-order valence-electron chi connectivity index (χ0n) is 43.1. The molecule has 2 aromatic carbocycles. The fraction of sp³-hybridized carbons (Fsp3) is 0.456. The number of likely N-dealkylation sites (tertiary alicyclic amines) is 2. The molecular weight excluding hydrogens is 969 g/mol. The van der Waals surface area contributed by atoms with Crippen molar-refractivity contribution >= 4 is 46.9 Å². The van der Waals surface area contributed by atoms with Gasteiger partial charge in [-0.15, -0.1) is 21.5 Å². The van der Waals surface area contributed by atoms with Gasteiger partial charge in [0, 0.05) is 88.0 Å². The number of nitrogen functional groups attached to an aromatic ring is 1. The van der Waals surface area contributed by atoms with Gasteiger partial charge in [-0.25, -0.2) is 9.97 Å². The van der Waals surface area contributed by atoms with E-state index in [4.69, 9.17) is 19.7 Å². The normalized spacial score (nSPS) is 21.6. The number of para-hydroxylation sites is 1. The van der Waals surface area contributed by atoms with Crippen molar-refractivity contribution in [3.8, 4) is 33.3 Å². The van der Waals surface area contributed by atoms with Gasteiger partial charge < -0.3 is 50.0 Å². The number of benzene rings is 2. The lowest BCUT2D eigenvalue weighted by Crippen LogP contribution is -2.48. The molecule has 4 aliphatic rings.